The van der Waals surface area contributed by atoms with Crippen LogP contribution < -0.4 is 4.74 Å². The lowest BCUT2D eigenvalue weighted by molar-refractivity contribution is 0.0992. The highest BCUT2D eigenvalue weighted by molar-refractivity contribution is 5.77. The van der Waals surface area contributed by atoms with Gasteiger partial charge in [0.05, 0.1) is 24.2 Å². The molecule has 0 fully saturated rings. The summed E-state index contributed by atoms with van der Waals surface area (Å²) in [5, 5.41) is 0. The summed E-state index contributed by atoms with van der Waals surface area (Å²) in [5.74, 6) is 3.05. The van der Waals surface area contributed by atoms with Crippen LogP contribution in [0.15, 0.2) is 42.5 Å². The first-order valence-corrected chi connectivity index (χ1v) is 10.7. The van der Waals surface area contributed by atoms with E-state index in [-0.39, 0.29) is 0 Å². The van der Waals surface area contributed by atoms with Crippen LogP contribution in [0.2, 0.25) is 0 Å². The number of rotatable bonds is 10. The van der Waals surface area contributed by atoms with Gasteiger partial charge in [-0.05, 0) is 42.9 Å². The van der Waals surface area contributed by atoms with Gasteiger partial charge in [0.1, 0.15) is 18.2 Å². The Kier molecular flexibility index (Phi) is 7.32. The van der Waals surface area contributed by atoms with Crippen molar-refractivity contribution in [3.05, 3.63) is 59.4 Å². The van der Waals surface area contributed by atoms with E-state index in [4.69, 9.17) is 14.5 Å². The summed E-state index contributed by atoms with van der Waals surface area (Å²) in [6.45, 7) is 13.7. The van der Waals surface area contributed by atoms with Crippen molar-refractivity contribution in [1.82, 2.24) is 9.55 Å². The summed E-state index contributed by atoms with van der Waals surface area (Å²) in [6.07, 6.45) is 1.06. The summed E-state index contributed by atoms with van der Waals surface area (Å²) < 4.78 is 14.3. The third kappa shape index (κ3) is 6.07. The van der Waals surface area contributed by atoms with Gasteiger partial charge in [0.15, 0.2) is 0 Å². The van der Waals surface area contributed by atoms with Crippen LogP contribution in [0.25, 0.3) is 11.0 Å². The first-order chi connectivity index (χ1) is 13.9. The molecule has 156 valence electrons. The topological polar surface area (TPSA) is 36.3 Å². The molecule has 4 heteroatoms. The first-order valence-electron chi connectivity index (χ1n) is 10.7. The van der Waals surface area contributed by atoms with E-state index in [1.807, 2.05) is 6.07 Å². The molecule has 0 bridgehead atoms. The Bertz CT molecular complexity index is 910. The third-order valence-corrected chi connectivity index (χ3v) is 4.93. The van der Waals surface area contributed by atoms with Crippen molar-refractivity contribution < 1.29 is 9.47 Å². The maximum absolute atomic E-state index is 6.00. The number of ether oxygens (including phenoxy) is 2. The van der Waals surface area contributed by atoms with Crippen LogP contribution in [0.5, 0.6) is 5.75 Å². The second kappa shape index (κ2) is 9.93. The zero-order valence-corrected chi connectivity index (χ0v) is 18.4. The molecule has 2 aromatic carbocycles. The van der Waals surface area contributed by atoms with E-state index in [1.54, 1.807) is 0 Å². The average molecular weight is 395 g/mol. The molecule has 0 atom stereocenters. The van der Waals surface area contributed by atoms with Gasteiger partial charge in [-0.15, -0.1) is 0 Å². The molecule has 3 rings (SSSR count). The molecular formula is C25H34N2O2. The average Bonchev–Trinajstić information content (AvgIpc) is 2.99. The highest BCUT2D eigenvalue weighted by atomic mass is 16.5. The van der Waals surface area contributed by atoms with Gasteiger partial charge in [-0.3, -0.25) is 0 Å². The van der Waals surface area contributed by atoms with Gasteiger partial charge < -0.3 is 14.0 Å². The number of aryl methyl sites for hydroxylation is 1. The van der Waals surface area contributed by atoms with Crippen LogP contribution >= 0.6 is 0 Å². The van der Waals surface area contributed by atoms with Gasteiger partial charge in [-0.25, -0.2) is 4.98 Å². The van der Waals surface area contributed by atoms with Crippen LogP contribution in [-0.4, -0.2) is 16.2 Å². The van der Waals surface area contributed by atoms with Crippen LogP contribution in [0.3, 0.4) is 0 Å². The van der Waals surface area contributed by atoms with Gasteiger partial charge in [-0.1, -0.05) is 57.5 Å². The maximum atomic E-state index is 6.00. The molecular weight excluding hydrogens is 360 g/mol. The van der Waals surface area contributed by atoms with E-state index in [0.29, 0.717) is 25.0 Å². The van der Waals surface area contributed by atoms with Crippen molar-refractivity contribution in [2.24, 2.45) is 11.8 Å². The van der Waals surface area contributed by atoms with E-state index in [9.17, 15) is 0 Å². The van der Waals surface area contributed by atoms with Gasteiger partial charge in [0.25, 0.3) is 0 Å². The highest BCUT2D eigenvalue weighted by Crippen LogP contribution is 2.24. The van der Waals surface area contributed by atoms with Crippen LogP contribution in [0.4, 0.5) is 0 Å². The number of aromatic nitrogens is 2. The minimum atomic E-state index is 0.499. The summed E-state index contributed by atoms with van der Waals surface area (Å²) in [4.78, 5) is 4.84. The number of fused-ring (bicyclic) bond motifs is 1. The van der Waals surface area contributed by atoms with Crippen molar-refractivity contribution in [1.29, 1.82) is 0 Å². The fourth-order valence-electron chi connectivity index (χ4n) is 3.28. The van der Waals surface area contributed by atoms with Crippen molar-refractivity contribution in [3.8, 4) is 5.75 Å². The zero-order chi connectivity index (χ0) is 20.8. The molecule has 0 aliphatic heterocycles. The van der Waals surface area contributed by atoms with Gasteiger partial charge >= 0.3 is 0 Å². The molecule has 0 radical (unpaired) electrons. The van der Waals surface area contributed by atoms with Gasteiger partial charge in [0.2, 0.25) is 0 Å². The Morgan fingerprint density at radius 2 is 1.69 bits per heavy atom. The molecule has 0 saturated carbocycles. The van der Waals surface area contributed by atoms with Crippen LogP contribution in [-0.2, 0) is 24.5 Å². The number of benzene rings is 2. The van der Waals surface area contributed by atoms with Crippen molar-refractivity contribution in [2.75, 3.05) is 6.61 Å². The van der Waals surface area contributed by atoms with Gasteiger partial charge in [-0.2, -0.15) is 0 Å². The number of hydrogen-bond acceptors (Lipinski definition) is 3. The molecule has 3 aromatic rings. The molecule has 29 heavy (non-hydrogen) atoms. The van der Waals surface area contributed by atoms with E-state index in [2.05, 4.69) is 75.6 Å². The molecule has 0 N–H and O–H groups in total. The minimum absolute atomic E-state index is 0.499. The molecule has 0 aliphatic carbocycles. The van der Waals surface area contributed by atoms with E-state index < -0.39 is 0 Å². The standard InChI is InChI=1S/C25H34N2O2/c1-18(2)12-13-29-22-10-11-23-24(14-22)27(15-19(3)4)25(26-23)17-28-16-21-8-6-20(5)7-9-21/h6-11,14,18-19H,12-13,15-17H2,1-5H3. The molecule has 1 heterocycles. The third-order valence-electron chi connectivity index (χ3n) is 4.93. The van der Waals surface area contributed by atoms with Crippen LogP contribution in [0.1, 0.15) is 51.1 Å². The molecule has 0 spiro atoms. The highest BCUT2D eigenvalue weighted by Gasteiger charge is 2.13. The van der Waals surface area contributed by atoms with E-state index >= 15 is 0 Å². The van der Waals surface area contributed by atoms with Crippen molar-refractivity contribution >= 4 is 11.0 Å². The smallest absolute Gasteiger partial charge is 0.136 e. The Morgan fingerprint density at radius 1 is 0.931 bits per heavy atom. The molecule has 0 amide bonds. The minimum Gasteiger partial charge on any atom is -0.494 e. The summed E-state index contributed by atoms with van der Waals surface area (Å²) in [5.41, 5.74) is 4.56. The van der Waals surface area contributed by atoms with Crippen LogP contribution in [0, 0.1) is 18.8 Å². The lowest BCUT2D eigenvalue weighted by Gasteiger charge is -2.13. The largest absolute Gasteiger partial charge is 0.494 e. The monoisotopic (exact) mass is 394 g/mol. The Labute approximate surface area is 174 Å². The second-order valence-electron chi connectivity index (χ2n) is 8.69. The number of imidazole rings is 1. The SMILES string of the molecule is Cc1ccc(COCc2nc3ccc(OCCC(C)C)cc3n2CC(C)C)cc1. The maximum Gasteiger partial charge on any atom is 0.136 e. The summed E-state index contributed by atoms with van der Waals surface area (Å²) >= 11 is 0. The first kappa shape index (κ1) is 21.4. The predicted octanol–water partition coefficient (Wildman–Crippen LogP) is 6.14. The van der Waals surface area contributed by atoms with Crippen molar-refractivity contribution in [3.63, 3.8) is 0 Å². The predicted molar refractivity (Wildman–Crippen MR) is 119 cm³/mol. The molecule has 1 aromatic heterocycles. The summed E-state index contributed by atoms with van der Waals surface area (Å²) in [7, 11) is 0. The van der Waals surface area contributed by atoms with E-state index in [1.165, 1.54) is 11.1 Å². The second-order valence-corrected chi connectivity index (χ2v) is 8.69. The molecule has 0 aliphatic rings. The fourth-order valence-corrected chi connectivity index (χ4v) is 3.28. The molecule has 0 saturated heterocycles. The Morgan fingerprint density at radius 3 is 2.38 bits per heavy atom. The number of hydrogen-bond donors (Lipinski definition) is 0. The van der Waals surface area contributed by atoms with Crippen molar-refractivity contribution in [2.45, 2.75) is 60.8 Å². The van der Waals surface area contributed by atoms with Gasteiger partial charge in [0, 0.05) is 12.6 Å². The lowest BCUT2D eigenvalue weighted by Crippen LogP contribution is -2.10. The summed E-state index contributed by atoms with van der Waals surface area (Å²) in [6, 6.07) is 14.7. The van der Waals surface area contributed by atoms with E-state index in [0.717, 1.165) is 42.2 Å². The Hall–Kier alpha value is -2.33. The molecule has 0 unspecified atom stereocenters. The number of nitrogens with zero attached hydrogens (tertiary/aromatic N) is 2. The lowest BCUT2D eigenvalue weighted by atomic mass is 10.1. The zero-order valence-electron chi connectivity index (χ0n) is 18.4. The quantitative estimate of drug-likeness (QED) is 0.414. The Balaban J connectivity index is 1.75. The fraction of sp³-hybridized carbons (Fsp3) is 0.480. The molecule has 4 nitrogen and oxygen atoms in total. The normalized spacial score (nSPS) is 11.7.